The highest BCUT2D eigenvalue weighted by atomic mass is 16.5. The third-order valence-electron chi connectivity index (χ3n) is 2.88. The summed E-state index contributed by atoms with van der Waals surface area (Å²) in [5, 5.41) is 6.43. The van der Waals surface area contributed by atoms with Crippen LogP contribution in [-0.4, -0.2) is 15.6 Å². The number of hydrogen-bond donors (Lipinski definition) is 1. The van der Waals surface area contributed by atoms with Crippen molar-refractivity contribution < 1.29 is 9.32 Å². The number of carbonyl (C=O) groups excluding carboxylic acids is 1. The second-order valence-electron chi connectivity index (χ2n) is 4.39. The van der Waals surface area contributed by atoms with Crippen molar-refractivity contribution in [2.75, 3.05) is 5.32 Å². The highest BCUT2D eigenvalue weighted by molar-refractivity contribution is 5.89. The molecule has 0 unspecified atom stereocenters. The summed E-state index contributed by atoms with van der Waals surface area (Å²) in [5.41, 5.74) is 2.33. The van der Waals surface area contributed by atoms with Crippen molar-refractivity contribution in [3.63, 3.8) is 0 Å². The van der Waals surface area contributed by atoms with Crippen molar-refractivity contribution >= 4 is 11.7 Å². The van der Waals surface area contributed by atoms with E-state index in [1.54, 1.807) is 13.0 Å². The summed E-state index contributed by atoms with van der Waals surface area (Å²) in [6.07, 6.45) is 0.419. The fourth-order valence-corrected chi connectivity index (χ4v) is 1.90. The van der Waals surface area contributed by atoms with Crippen molar-refractivity contribution in [2.45, 2.75) is 33.7 Å². The van der Waals surface area contributed by atoms with Gasteiger partial charge in [-0.15, -0.1) is 0 Å². The second kappa shape index (κ2) is 5.08. The Kier molecular flexibility index (Phi) is 3.50. The highest BCUT2D eigenvalue weighted by Gasteiger charge is 2.08. The minimum absolute atomic E-state index is 0.0594. The second-order valence-corrected chi connectivity index (χ2v) is 4.39. The summed E-state index contributed by atoms with van der Waals surface area (Å²) in [4.78, 5) is 11.7. The number of carbonyl (C=O) groups is 1. The van der Waals surface area contributed by atoms with E-state index in [1.807, 2.05) is 26.0 Å². The van der Waals surface area contributed by atoms with Crippen LogP contribution in [0.4, 0.5) is 5.82 Å². The van der Waals surface area contributed by atoms with Crippen LogP contribution < -0.4 is 5.32 Å². The van der Waals surface area contributed by atoms with E-state index in [0.717, 1.165) is 11.4 Å². The van der Waals surface area contributed by atoms with Gasteiger partial charge in [0.15, 0.2) is 5.82 Å². The fraction of sp³-hybridized carbons (Fsp3) is 0.385. The zero-order valence-electron chi connectivity index (χ0n) is 10.9. The lowest BCUT2D eigenvalue weighted by Gasteiger charge is -2.08. The van der Waals surface area contributed by atoms with Gasteiger partial charge < -0.3 is 14.4 Å². The Morgan fingerprint density at radius 2 is 2.00 bits per heavy atom. The summed E-state index contributed by atoms with van der Waals surface area (Å²) in [5.74, 6) is 1.09. The zero-order valence-corrected chi connectivity index (χ0v) is 10.9. The molecule has 2 aromatic rings. The molecular weight excluding hydrogens is 230 g/mol. The molecule has 0 radical (unpaired) electrons. The summed E-state index contributed by atoms with van der Waals surface area (Å²) < 4.78 is 7.00. The van der Waals surface area contributed by atoms with Crippen LogP contribution in [0.3, 0.4) is 0 Å². The van der Waals surface area contributed by atoms with E-state index < -0.39 is 0 Å². The van der Waals surface area contributed by atoms with Crippen LogP contribution in [-0.2, 0) is 11.3 Å². The monoisotopic (exact) mass is 247 g/mol. The summed E-state index contributed by atoms with van der Waals surface area (Å²) >= 11 is 0. The van der Waals surface area contributed by atoms with Gasteiger partial charge in [-0.3, -0.25) is 4.79 Å². The Bertz CT molecular complexity index is 535. The predicted octanol–water partition coefficient (Wildman–Crippen LogP) is 2.43. The minimum atomic E-state index is -0.0594. The van der Waals surface area contributed by atoms with Gasteiger partial charge in [0.25, 0.3) is 0 Å². The number of amides is 1. The standard InChI is InChI=1S/C13H17N3O2/c1-9-4-5-10(2)16(9)7-6-13(17)14-12-8-11(3)18-15-12/h4-5,8H,6-7H2,1-3H3,(H,14,15,17). The molecule has 0 saturated heterocycles. The van der Waals surface area contributed by atoms with Crippen molar-refractivity contribution in [1.29, 1.82) is 0 Å². The molecule has 1 N–H and O–H groups in total. The Labute approximate surface area is 106 Å². The lowest BCUT2D eigenvalue weighted by molar-refractivity contribution is -0.116. The van der Waals surface area contributed by atoms with E-state index in [0.29, 0.717) is 24.5 Å². The van der Waals surface area contributed by atoms with Crippen molar-refractivity contribution in [2.24, 2.45) is 0 Å². The SMILES string of the molecule is Cc1cc(NC(=O)CCn2c(C)ccc2C)no1. The first-order valence-corrected chi connectivity index (χ1v) is 5.92. The molecular formula is C13H17N3O2. The van der Waals surface area contributed by atoms with E-state index in [-0.39, 0.29) is 5.91 Å². The molecule has 0 saturated carbocycles. The number of nitrogens with zero attached hydrogens (tertiary/aromatic N) is 2. The molecule has 1 amide bonds. The van der Waals surface area contributed by atoms with Crippen LogP contribution in [0.5, 0.6) is 0 Å². The molecule has 18 heavy (non-hydrogen) atoms. The van der Waals surface area contributed by atoms with Gasteiger partial charge in [-0.05, 0) is 32.9 Å². The Morgan fingerprint density at radius 1 is 1.33 bits per heavy atom. The van der Waals surface area contributed by atoms with E-state index in [4.69, 9.17) is 4.52 Å². The van der Waals surface area contributed by atoms with E-state index in [1.165, 1.54) is 0 Å². The molecule has 0 aliphatic heterocycles. The number of nitrogens with one attached hydrogen (secondary N) is 1. The van der Waals surface area contributed by atoms with Crippen molar-refractivity contribution in [3.8, 4) is 0 Å². The van der Waals surface area contributed by atoms with Crippen molar-refractivity contribution in [3.05, 3.63) is 35.3 Å². The lowest BCUT2D eigenvalue weighted by Crippen LogP contribution is -2.15. The fourth-order valence-electron chi connectivity index (χ4n) is 1.90. The van der Waals surface area contributed by atoms with E-state index >= 15 is 0 Å². The van der Waals surface area contributed by atoms with Gasteiger partial charge in [0, 0.05) is 30.4 Å². The van der Waals surface area contributed by atoms with Gasteiger partial charge >= 0.3 is 0 Å². The maximum atomic E-state index is 11.7. The lowest BCUT2D eigenvalue weighted by atomic mass is 10.3. The molecule has 5 nitrogen and oxygen atoms in total. The van der Waals surface area contributed by atoms with Gasteiger partial charge in [0.2, 0.25) is 5.91 Å². The summed E-state index contributed by atoms with van der Waals surface area (Å²) in [7, 11) is 0. The normalized spacial score (nSPS) is 10.6. The van der Waals surface area contributed by atoms with Crippen LogP contribution in [0.1, 0.15) is 23.6 Å². The molecule has 2 rings (SSSR count). The van der Waals surface area contributed by atoms with Gasteiger partial charge in [-0.25, -0.2) is 0 Å². The summed E-state index contributed by atoms with van der Waals surface area (Å²) in [6.45, 7) is 6.53. The summed E-state index contributed by atoms with van der Waals surface area (Å²) in [6, 6.07) is 5.80. The van der Waals surface area contributed by atoms with Gasteiger partial charge in [-0.2, -0.15) is 0 Å². The molecule has 0 atom stereocenters. The number of anilines is 1. The molecule has 0 aromatic carbocycles. The van der Waals surface area contributed by atoms with E-state index in [2.05, 4.69) is 15.0 Å². The number of rotatable bonds is 4. The third kappa shape index (κ3) is 2.80. The largest absolute Gasteiger partial charge is 0.360 e. The van der Waals surface area contributed by atoms with Gasteiger partial charge in [0.1, 0.15) is 5.76 Å². The average molecular weight is 247 g/mol. The first-order chi connectivity index (χ1) is 8.56. The van der Waals surface area contributed by atoms with Crippen LogP contribution >= 0.6 is 0 Å². The van der Waals surface area contributed by atoms with Crippen molar-refractivity contribution in [1.82, 2.24) is 9.72 Å². The minimum Gasteiger partial charge on any atom is -0.360 e. The Balaban J connectivity index is 1.89. The smallest absolute Gasteiger partial charge is 0.227 e. The van der Waals surface area contributed by atoms with Crippen LogP contribution in [0, 0.1) is 20.8 Å². The number of aryl methyl sites for hydroxylation is 3. The average Bonchev–Trinajstić information content (AvgIpc) is 2.84. The van der Waals surface area contributed by atoms with Crippen LogP contribution in [0.25, 0.3) is 0 Å². The maximum Gasteiger partial charge on any atom is 0.227 e. The molecule has 0 aliphatic carbocycles. The highest BCUT2D eigenvalue weighted by Crippen LogP contribution is 2.10. The molecule has 5 heteroatoms. The third-order valence-corrected chi connectivity index (χ3v) is 2.88. The van der Waals surface area contributed by atoms with Gasteiger partial charge in [0.05, 0.1) is 0 Å². The first-order valence-electron chi connectivity index (χ1n) is 5.92. The molecule has 0 bridgehead atoms. The quantitative estimate of drug-likeness (QED) is 0.902. The zero-order chi connectivity index (χ0) is 13.1. The predicted molar refractivity (Wildman–Crippen MR) is 68.4 cm³/mol. The molecule has 96 valence electrons. The van der Waals surface area contributed by atoms with Crippen LogP contribution in [0.2, 0.25) is 0 Å². The molecule has 0 spiro atoms. The maximum absolute atomic E-state index is 11.7. The molecule has 0 aliphatic rings. The molecule has 2 heterocycles. The number of hydrogen-bond acceptors (Lipinski definition) is 3. The number of aromatic nitrogens is 2. The van der Waals surface area contributed by atoms with Crippen LogP contribution in [0.15, 0.2) is 22.7 Å². The Hall–Kier alpha value is -2.04. The molecule has 0 fully saturated rings. The first kappa shape index (κ1) is 12.4. The topological polar surface area (TPSA) is 60.1 Å². The van der Waals surface area contributed by atoms with E-state index in [9.17, 15) is 4.79 Å². The molecule has 2 aromatic heterocycles. The Morgan fingerprint density at radius 3 is 2.56 bits per heavy atom. The van der Waals surface area contributed by atoms with Gasteiger partial charge in [-0.1, -0.05) is 5.16 Å².